The predicted molar refractivity (Wildman–Crippen MR) is 89.6 cm³/mol. The van der Waals surface area contributed by atoms with Crippen LogP contribution in [-0.2, 0) is 4.79 Å². The van der Waals surface area contributed by atoms with Crippen LogP contribution in [0.4, 0.5) is 0 Å². The molecule has 0 atom stereocenters. The van der Waals surface area contributed by atoms with Gasteiger partial charge in [0.05, 0.1) is 7.11 Å². The summed E-state index contributed by atoms with van der Waals surface area (Å²) in [5.74, 6) is 0.845. The second kappa shape index (κ2) is 8.56. The first-order chi connectivity index (χ1) is 11.1. The monoisotopic (exact) mass is 318 g/mol. The molecule has 1 aromatic carbocycles. The Kier molecular flexibility index (Phi) is 6.44. The highest BCUT2D eigenvalue weighted by Gasteiger charge is 2.24. The molecular formula is C18H26N2O3. The van der Waals surface area contributed by atoms with Crippen molar-refractivity contribution in [3.63, 3.8) is 0 Å². The highest BCUT2D eigenvalue weighted by Crippen LogP contribution is 2.18. The molecule has 1 aromatic rings. The number of unbranched alkanes of at least 4 members (excludes halogenated alkanes) is 1. The fraction of sp³-hybridized carbons (Fsp3) is 0.556. The third kappa shape index (κ3) is 4.98. The number of nitrogens with zero attached hydrogens (tertiary/aromatic N) is 1. The summed E-state index contributed by atoms with van der Waals surface area (Å²) in [6, 6.07) is 7.42. The van der Waals surface area contributed by atoms with Gasteiger partial charge in [-0.05, 0) is 37.5 Å². The van der Waals surface area contributed by atoms with Gasteiger partial charge in [0.1, 0.15) is 5.75 Å². The molecule has 0 radical (unpaired) electrons. The van der Waals surface area contributed by atoms with E-state index in [9.17, 15) is 9.59 Å². The minimum absolute atomic E-state index is 0.0275. The van der Waals surface area contributed by atoms with E-state index < -0.39 is 0 Å². The lowest BCUT2D eigenvalue weighted by Crippen LogP contribution is -2.46. The summed E-state index contributed by atoms with van der Waals surface area (Å²) in [6.07, 6.45) is 4.18. The number of piperidine rings is 1. The van der Waals surface area contributed by atoms with Gasteiger partial charge >= 0.3 is 0 Å². The summed E-state index contributed by atoms with van der Waals surface area (Å²) in [5.41, 5.74) is 0.648. The maximum Gasteiger partial charge on any atom is 0.253 e. The number of amides is 2. The van der Waals surface area contributed by atoms with Crippen molar-refractivity contribution in [2.45, 2.75) is 45.1 Å². The molecule has 0 unspecified atom stereocenters. The van der Waals surface area contributed by atoms with Gasteiger partial charge in [-0.25, -0.2) is 0 Å². The van der Waals surface area contributed by atoms with Gasteiger partial charge in [-0.2, -0.15) is 0 Å². The first-order valence-corrected chi connectivity index (χ1v) is 8.36. The second-order valence-electron chi connectivity index (χ2n) is 5.97. The first-order valence-electron chi connectivity index (χ1n) is 8.36. The molecule has 126 valence electrons. The molecule has 1 heterocycles. The van der Waals surface area contributed by atoms with Gasteiger partial charge in [0, 0.05) is 31.1 Å². The summed E-state index contributed by atoms with van der Waals surface area (Å²) >= 11 is 0. The van der Waals surface area contributed by atoms with Crippen molar-refractivity contribution in [1.82, 2.24) is 10.2 Å². The maximum atomic E-state index is 12.5. The van der Waals surface area contributed by atoms with E-state index in [-0.39, 0.29) is 17.9 Å². The second-order valence-corrected chi connectivity index (χ2v) is 5.97. The van der Waals surface area contributed by atoms with Gasteiger partial charge in [0.25, 0.3) is 5.91 Å². The predicted octanol–water partition coefficient (Wildman–Crippen LogP) is 2.61. The van der Waals surface area contributed by atoms with Crippen LogP contribution in [0.2, 0.25) is 0 Å². The highest BCUT2D eigenvalue weighted by molar-refractivity contribution is 5.94. The standard InChI is InChI=1S/C18H26N2O3/c1-3-4-8-17(21)19-15-9-11-20(12-10-15)18(22)14-6-5-7-16(13-14)23-2/h5-7,13,15H,3-4,8-12H2,1-2H3,(H,19,21). The fourth-order valence-electron chi connectivity index (χ4n) is 2.80. The number of hydrogen-bond acceptors (Lipinski definition) is 3. The SMILES string of the molecule is CCCCC(=O)NC1CCN(C(=O)c2cccc(OC)c2)CC1. The Morgan fingerprint density at radius 3 is 2.70 bits per heavy atom. The topological polar surface area (TPSA) is 58.6 Å². The number of hydrogen-bond donors (Lipinski definition) is 1. The number of carbonyl (C=O) groups is 2. The molecule has 2 rings (SSSR count). The quantitative estimate of drug-likeness (QED) is 0.877. The zero-order chi connectivity index (χ0) is 16.7. The van der Waals surface area contributed by atoms with Gasteiger partial charge in [0.15, 0.2) is 0 Å². The highest BCUT2D eigenvalue weighted by atomic mass is 16.5. The summed E-state index contributed by atoms with van der Waals surface area (Å²) < 4.78 is 5.17. The minimum atomic E-state index is 0.0275. The number of likely N-dealkylation sites (tertiary alicyclic amines) is 1. The molecule has 0 aromatic heterocycles. The molecule has 1 saturated heterocycles. The molecule has 0 bridgehead atoms. The van der Waals surface area contributed by atoms with E-state index in [1.165, 1.54) is 0 Å². The van der Waals surface area contributed by atoms with E-state index in [1.807, 2.05) is 23.1 Å². The summed E-state index contributed by atoms with van der Waals surface area (Å²) in [4.78, 5) is 26.1. The van der Waals surface area contributed by atoms with Crippen LogP contribution in [0.5, 0.6) is 5.75 Å². The van der Waals surface area contributed by atoms with E-state index >= 15 is 0 Å². The molecule has 0 aliphatic carbocycles. The third-order valence-corrected chi connectivity index (χ3v) is 4.22. The summed E-state index contributed by atoms with van der Waals surface area (Å²) in [6.45, 7) is 3.43. The van der Waals surface area contributed by atoms with Crippen LogP contribution in [0.1, 0.15) is 49.4 Å². The number of nitrogens with one attached hydrogen (secondary N) is 1. The molecule has 23 heavy (non-hydrogen) atoms. The average Bonchev–Trinajstić information content (AvgIpc) is 2.60. The van der Waals surface area contributed by atoms with E-state index in [4.69, 9.17) is 4.74 Å². The number of rotatable bonds is 6. The van der Waals surface area contributed by atoms with Crippen molar-refractivity contribution in [2.24, 2.45) is 0 Å². The van der Waals surface area contributed by atoms with Gasteiger partial charge in [0.2, 0.25) is 5.91 Å². The van der Waals surface area contributed by atoms with Crippen molar-refractivity contribution in [1.29, 1.82) is 0 Å². The molecule has 2 amide bonds. The molecule has 1 aliphatic heterocycles. The van der Waals surface area contributed by atoms with Crippen molar-refractivity contribution >= 4 is 11.8 Å². The van der Waals surface area contributed by atoms with Crippen molar-refractivity contribution < 1.29 is 14.3 Å². The first kappa shape index (κ1) is 17.3. The van der Waals surface area contributed by atoms with E-state index in [0.717, 1.165) is 25.7 Å². The lowest BCUT2D eigenvalue weighted by atomic mass is 10.0. The van der Waals surface area contributed by atoms with Gasteiger partial charge < -0.3 is 15.0 Å². The zero-order valence-electron chi connectivity index (χ0n) is 14.0. The van der Waals surface area contributed by atoms with E-state index in [0.29, 0.717) is 30.8 Å². The number of benzene rings is 1. The van der Waals surface area contributed by atoms with Gasteiger partial charge in [-0.1, -0.05) is 19.4 Å². The Morgan fingerprint density at radius 2 is 2.04 bits per heavy atom. The molecule has 1 N–H and O–H groups in total. The molecule has 5 heteroatoms. The Bertz CT molecular complexity index is 537. The van der Waals surface area contributed by atoms with Gasteiger partial charge in [-0.15, -0.1) is 0 Å². The Balaban J connectivity index is 1.83. The van der Waals surface area contributed by atoms with Crippen LogP contribution in [0.25, 0.3) is 0 Å². The van der Waals surface area contributed by atoms with Crippen molar-refractivity contribution in [2.75, 3.05) is 20.2 Å². The minimum Gasteiger partial charge on any atom is -0.497 e. The molecule has 1 fully saturated rings. The zero-order valence-corrected chi connectivity index (χ0v) is 14.0. The molecule has 5 nitrogen and oxygen atoms in total. The fourth-order valence-corrected chi connectivity index (χ4v) is 2.80. The lowest BCUT2D eigenvalue weighted by molar-refractivity contribution is -0.122. The summed E-state index contributed by atoms with van der Waals surface area (Å²) in [5, 5.41) is 3.07. The number of carbonyl (C=O) groups excluding carboxylic acids is 2. The van der Waals surface area contributed by atoms with E-state index in [2.05, 4.69) is 12.2 Å². The van der Waals surface area contributed by atoms with Crippen LogP contribution in [0.3, 0.4) is 0 Å². The molecule has 1 aliphatic rings. The van der Waals surface area contributed by atoms with Crippen LogP contribution >= 0.6 is 0 Å². The molecular weight excluding hydrogens is 292 g/mol. The van der Waals surface area contributed by atoms with Crippen LogP contribution in [0.15, 0.2) is 24.3 Å². The molecule has 0 spiro atoms. The smallest absolute Gasteiger partial charge is 0.253 e. The maximum absolute atomic E-state index is 12.5. The Hall–Kier alpha value is -2.04. The Labute approximate surface area is 138 Å². The van der Waals surface area contributed by atoms with E-state index in [1.54, 1.807) is 13.2 Å². The van der Waals surface area contributed by atoms with Crippen molar-refractivity contribution in [3.05, 3.63) is 29.8 Å². The van der Waals surface area contributed by atoms with Gasteiger partial charge in [-0.3, -0.25) is 9.59 Å². The number of ether oxygens (including phenoxy) is 1. The lowest BCUT2D eigenvalue weighted by Gasteiger charge is -2.32. The number of methoxy groups -OCH3 is 1. The van der Waals surface area contributed by atoms with Crippen LogP contribution < -0.4 is 10.1 Å². The largest absolute Gasteiger partial charge is 0.497 e. The van der Waals surface area contributed by atoms with Crippen molar-refractivity contribution in [3.8, 4) is 5.75 Å². The average molecular weight is 318 g/mol. The summed E-state index contributed by atoms with van der Waals surface area (Å²) in [7, 11) is 1.59. The third-order valence-electron chi connectivity index (χ3n) is 4.22. The Morgan fingerprint density at radius 1 is 1.30 bits per heavy atom. The van der Waals surface area contributed by atoms with Crippen LogP contribution in [-0.4, -0.2) is 43.0 Å². The molecule has 0 saturated carbocycles. The normalized spacial score (nSPS) is 15.3. The van der Waals surface area contributed by atoms with Crippen LogP contribution in [0, 0.1) is 0 Å².